The zero-order valence-corrected chi connectivity index (χ0v) is 9.52. The van der Waals surface area contributed by atoms with Crippen molar-refractivity contribution in [3.05, 3.63) is 18.0 Å². The SMILES string of the molecule is CC(N)Cc1cnn(C2CCCCC2)c1. The van der Waals surface area contributed by atoms with E-state index in [-0.39, 0.29) is 6.04 Å². The van der Waals surface area contributed by atoms with E-state index >= 15 is 0 Å². The Labute approximate surface area is 91.7 Å². The van der Waals surface area contributed by atoms with E-state index in [9.17, 15) is 0 Å². The van der Waals surface area contributed by atoms with Crippen LogP contribution in [0.2, 0.25) is 0 Å². The Morgan fingerprint density at radius 2 is 2.20 bits per heavy atom. The number of hydrogen-bond acceptors (Lipinski definition) is 2. The van der Waals surface area contributed by atoms with Gasteiger partial charge in [0, 0.05) is 12.2 Å². The lowest BCUT2D eigenvalue weighted by Crippen LogP contribution is -2.17. The van der Waals surface area contributed by atoms with Crippen LogP contribution in [0.5, 0.6) is 0 Å². The van der Waals surface area contributed by atoms with Crippen molar-refractivity contribution in [1.82, 2.24) is 9.78 Å². The van der Waals surface area contributed by atoms with Gasteiger partial charge in [0.25, 0.3) is 0 Å². The number of nitrogens with two attached hydrogens (primary N) is 1. The van der Waals surface area contributed by atoms with Crippen molar-refractivity contribution in [1.29, 1.82) is 0 Å². The highest BCUT2D eigenvalue weighted by Crippen LogP contribution is 2.27. The molecular weight excluding hydrogens is 186 g/mol. The molecule has 1 unspecified atom stereocenters. The largest absolute Gasteiger partial charge is 0.328 e. The second kappa shape index (κ2) is 4.79. The standard InChI is InChI=1S/C12H21N3/c1-10(13)7-11-8-14-15(9-11)12-5-3-2-4-6-12/h8-10,12H,2-7,13H2,1H3. The molecule has 1 saturated carbocycles. The van der Waals surface area contributed by atoms with Crippen LogP contribution in [0.3, 0.4) is 0 Å². The normalized spacial score (nSPS) is 20.4. The molecule has 0 radical (unpaired) electrons. The molecule has 2 rings (SSSR count). The molecule has 1 aliphatic carbocycles. The summed E-state index contributed by atoms with van der Waals surface area (Å²) < 4.78 is 2.15. The third-order valence-electron chi connectivity index (χ3n) is 3.16. The van der Waals surface area contributed by atoms with Crippen molar-refractivity contribution >= 4 is 0 Å². The van der Waals surface area contributed by atoms with Crippen LogP contribution in [0.25, 0.3) is 0 Å². The first-order chi connectivity index (χ1) is 7.25. The lowest BCUT2D eigenvalue weighted by molar-refractivity contribution is 0.329. The summed E-state index contributed by atoms with van der Waals surface area (Å²) in [5.74, 6) is 0. The zero-order chi connectivity index (χ0) is 10.7. The molecule has 0 spiro atoms. The van der Waals surface area contributed by atoms with E-state index in [1.165, 1.54) is 37.7 Å². The molecule has 15 heavy (non-hydrogen) atoms. The highest BCUT2D eigenvalue weighted by atomic mass is 15.3. The Kier molecular flexibility index (Phi) is 3.41. The van der Waals surface area contributed by atoms with Gasteiger partial charge >= 0.3 is 0 Å². The molecule has 0 bridgehead atoms. The van der Waals surface area contributed by atoms with E-state index in [0.29, 0.717) is 6.04 Å². The Morgan fingerprint density at radius 1 is 1.47 bits per heavy atom. The van der Waals surface area contributed by atoms with E-state index in [2.05, 4.69) is 16.0 Å². The Hall–Kier alpha value is -0.830. The molecule has 0 aromatic carbocycles. The van der Waals surface area contributed by atoms with Gasteiger partial charge in [0.1, 0.15) is 0 Å². The van der Waals surface area contributed by atoms with Crippen molar-refractivity contribution in [2.45, 2.75) is 57.5 Å². The lowest BCUT2D eigenvalue weighted by atomic mass is 9.96. The summed E-state index contributed by atoms with van der Waals surface area (Å²) in [5, 5.41) is 4.45. The van der Waals surface area contributed by atoms with Gasteiger partial charge in [0.05, 0.1) is 12.2 Å². The molecule has 0 saturated heterocycles. The fourth-order valence-electron chi connectivity index (χ4n) is 2.40. The third kappa shape index (κ3) is 2.81. The fraction of sp³-hybridized carbons (Fsp3) is 0.750. The number of nitrogens with zero attached hydrogens (tertiary/aromatic N) is 2. The summed E-state index contributed by atoms with van der Waals surface area (Å²) in [5.41, 5.74) is 7.05. The molecule has 1 aliphatic rings. The molecule has 1 heterocycles. The molecule has 2 N–H and O–H groups in total. The summed E-state index contributed by atoms with van der Waals surface area (Å²) in [7, 11) is 0. The summed E-state index contributed by atoms with van der Waals surface area (Å²) in [6, 6.07) is 0.870. The first kappa shape index (κ1) is 10.7. The Balaban J connectivity index is 1.99. The molecule has 0 aliphatic heterocycles. The summed E-state index contributed by atoms with van der Waals surface area (Å²) in [6.07, 6.45) is 11.8. The molecule has 3 heteroatoms. The topological polar surface area (TPSA) is 43.8 Å². The molecule has 1 atom stereocenters. The summed E-state index contributed by atoms with van der Waals surface area (Å²) in [4.78, 5) is 0. The average molecular weight is 207 g/mol. The maximum absolute atomic E-state index is 5.78. The van der Waals surface area contributed by atoms with Crippen LogP contribution in [-0.4, -0.2) is 15.8 Å². The highest BCUT2D eigenvalue weighted by molar-refractivity contribution is 5.06. The molecule has 1 fully saturated rings. The van der Waals surface area contributed by atoms with Crippen molar-refractivity contribution in [2.24, 2.45) is 5.73 Å². The molecule has 1 aromatic rings. The quantitative estimate of drug-likeness (QED) is 0.826. The van der Waals surface area contributed by atoms with Gasteiger partial charge in [-0.3, -0.25) is 4.68 Å². The van der Waals surface area contributed by atoms with Crippen LogP contribution in [0, 0.1) is 0 Å². The van der Waals surface area contributed by atoms with Crippen LogP contribution in [0.4, 0.5) is 0 Å². The van der Waals surface area contributed by atoms with Gasteiger partial charge < -0.3 is 5.73 Å². The zero-order valence-electron chi connectivity index (χ0n) is 9.52. The minimum atomic E-state index is 0.231. The maximum Gasteiger partial charge on any atom is 0.0522 e. The van der Waals surface area contributed by atoms with Crippen molar-refractivity contribution in [3.8, 4) is 0 Å². The van der Waals surface area contributed by atoms with Crippen LogP contribution in [0.15, 0.2) is 12.4 Å². The minimum Gasteiger partial charge on any atom is -0.328 e. The number of rotatable bonds is 3. The first-order valence-corrected chi connectivity index (χ1v) is 6.04. The van der Waals surface area contributed by atoms with Crippen molar-refractivity contribution < 1.29 is 0 Å². The maximum atomic E-state index is 5.78. The van der Waals surface area contributed by atoms with Gasteiger partial charge in [-0.1, -0.05) is 19.3 Å². The van der Waals surface area contributed by atoms with E-state index in [1.54, 1.807) is 0 Å². The van der Waals surface area contributed by atoms with Gasteiger partial charge in [-0.15, -0.1) is 0 Å². The van der Waals surface area contributed by atoms with E-state index in [1.807, 2.05) is 13.1 Å². The van der Waals surface area contributed by atoms with Crippen LogP contribution >= 0.6 is 0 Å². The highest BCUT2D eigenvalue weighted by Gasteiger charge is 2.15. The smallest absolute Gasteiger partial charge is 0.0522 e. The Bertz CT molecular complexity index is 298. The van der Waals surface area contributed by atoms with Crippen LogP contribution in [-0.2, 0) is 6.42 Å². The lowest BCUT2D eigenvalue weighted by Gasteiger charge is -2.21. The second-order valence-corrected chi connectivity index (χ2v) is 4.80. The second-order valence-electron chi connectivity index (χ2n) is 4.80. The molecule has 3 nitrogen and oxygen atoms in total. The van der Waals surface area contributed by atoms with E-state index in [4.69, 9.17) is 5.73 Å². The summed E-state index contributed by atoms with van der Waals surface area (Å²) >= 11 is 0. The van der Waals surface area contributed by atoms with Gasteiger partial charge in [0.15, 0.2) is 0 Å². The summed E-state index contributed by atoms with van der Waals surface area (Å²) in [6.45, 7) is 2.04. The van der Waals surface area contributed by atoms with Gasteiger partial charge in [-0.2, -0.15) is 5.10 Å². The van der Waals surface area contributed by atoms with E-state index in [0.717, 1.165) is 6.42 Å². The molecular formula is C12H21N3. The molecule has 0 amide bonds. The van der Waals surface area contributed by atoms with Gasteiger partial charge in [0.2, 0.25) is 0 Å². The first-order valence-electron chi connectivity index (χ1n) is 6.04. The monoisotopic (exact) mass is 207 g/mol. The van der Waals surface area contributed by atoms with Crippen molar-refractivity contribution in [3.63, 3.8) is 0 Å². The average Bonchev–Trinajstić information content (AvgIpc) is 2.67. The number of aromatic nitrogens is 2. The van der Waals surface area contributed by atoms with Gasteiger partial charge in [-0.25, -0.2) is 0 Å². The molecule has 84 valence electrons. The van der Waals surface area contributed by atoms with E-state index < -0.39 is 0 Å². The van der Waals surface area contributed by atoms with Crippen LogP contribution < -0.4 is 5.73 Å². The third-order valence-corrected chi connectivity index (χ3v) is 3.16. The predicted molar refractivity (Wildman–Crippen MR) is 61.7 cm³/mol. The van der Waals surface area contributed by atoms with Crippen molar-refractivity contribution in [2.75, 3.05) is 0 Å². The molecule has 1 aromatic heterocycles. The predicted octanol–water partition coefficient (Wildman–Crippen LogP) is 2.28. The fourth-order valence-corrected chi connectivity index (χ4v) is 2.40. The Morgan fingerprint density at radius 3 is 2.87 bits per heavy atom. The number of hydrogen-bond donors (Lipinski definition) is 1. The van der Waals surface area contributed by atoms with Gasteiger partial charge in [-0.05, 0) is 31.7 Å². The van der Waals surface area contributed by atoms with Crippen LogP contribution in [0.1, 0.15) is 50.6 Å². The minimum absolute atomic E-state index is 0.231.